The van der Waals surface area contributed by atoms with E-state index in [0.29, 0.717) is 4.48 Å². The zero-order valence-electron chi connectivity index (χ0n) is 14.4. The van der Waals surface area contributed by atoms with E-state index in [1.54, 1.807) is 6.08 Å². The van der Waals surface area contributed by atoms with Crippen molar-refractivity contribution in [2.24, 2.45) is 0 Å². The van der Waals surface area contributed by atoms with E-state index in [1.807, 2.05) is 0 Å². The second-order valence-corrected chi connectivity index (χ2v) is 8.23. The number of alkyl halides is 3. The summed E-state index contributed by atoms with van der Waals surface area (Å²) in [6.45, 7) is -0.0546. The topological polar surface area (TPSA) is 88.5 Å². The lowest BCUT2D eigenvalue weighted by Gasteiger charge is -2.40. The Kier molecular flexibility index (Phi) is 11.2. The van der Waals surface area contributed by atoms with Gasteiger partial charge in [-0.3, -0.25) is 5.41 Å². The van der Waals surface area contributed by atoms with Gasteiger partial charge in [-0.05, 0) is 6.08 Å². The molecule has 4 atom stereocenters. The van der Waals surface area contributed by atoms with Crippen molar-refractivity contribution >= 4 is 56.6 Å². The normalized spacial score (nSPS) is 26.5. The van der Waals surface area contributed by atoms with Crippen LogP contribution >= 0.6 is 50.7 Å². The molecule has 1 N–H and O–H groups in total. The van der Waals surface area contributed by atoms with E-state index < -0.39 is 34.1 Å². The highest BCUT2D eigenvalue weighted by atomic mass is 79.9. The number of halogens is 4. The van der Waals surface area contributed by atoms with Crippen molar-refractivity contribution in [1.82, 2.24) is 0 Å². The van der Waals surface area contributed by atoms with Gasteiger partial charge in [0.15, 0.2) is 6.10 Å². The van der Waals surface area contributed by atoms with Crippen LogP contribution in [0.25, 0.3) is 0 Å². The fourth-order valence-corrected chi connectivity index (χ4v) is 2.88. The van der Waals surface area contributed by atoms with Gasteiger partial charge in [-0.15, -0.1) is 0 Å². The third kappa shape index (κ3) is 7.38. The highest BCUT2D eigenvalue weighted by Crippen LogP contribution is 2.35. The number of rotatable bonds is 10. The molecule has 0 radical (unpaired) electrons. The summed E-state index contributed by atoms with van der Waals surface area (Å²) in [4.78, 5) is 0. The molecule has 1 aliphatic carbocycles. The highest BCUT2D eigenvalue weighted by molar-refractivity contribution is 9.11. The molecule has 1 rings (SSSR count). The van der Waals surface area contributed by atoms with Gasteiger partial charge in [0.05, 0.1) is 0 Å². The summed E-state index contributed by atoms with van der Waals surface area (Å²) in [5.41, 5.74) is 0. The first-order valence-electron chi connectivity index (χ1n) is 7.27. The molecule has 0 aromatic heterocycles. The lowest BCUT2D eigenvalue weighted by Crippen LogP contribution is -2.53. The maximum Gasteiger partial charge on any atom is 0.265 e. The zero-order chi connectivity index (χ0) is 19.7. The molecule has 0 aromatic carbocycles. The zero-order valence-corrected chi connectivity index (χ0v) is 18.2. The Balaban J connectivity index is 3.11. The molecule has 0 aliphatic heterocycles. The van der Waals surface area contributed by atoms with Crippen LogP contribution in [-0.4, -0.2) is 75.8 Å². The summed E-state index contributed by atoms with van der Waals surface area (Å²) in [6, 6.07) is 0. The van der Waals surface area contributed by atoms with Crippen LogP contribution < -0.4 is 0 Å². The number of hydrogen-bond donors (Lipinski definition) is 1. The van der Waals surface area contributed by atoms with Crippen molar-refractivity contribution in [1.29, 1.82) is 5.41 Å². The van der Waals surface area contributed by atoms with Gasteiger partial charge in [-0.25, -0.2) is 0 Å². The smallest absolute Gasteiger partial charge is 0.265 e. The molecule has 0 unspecified atom stereocenters. The maximum absolute atomic E-state index is 7.83. The Morgan fingerprint density at radius 3 is 2.00 bits per heavy atom. The monoisotopic (exact) mass is 499 g/mol. The van der Waals surface area contributed by atoms with E-state index in [0.717, 1.165) is 0 Å². The molecule has 0 spiro atoms. The van der Waals surface area contributed by atoms with Gasteiger partial charge in [-0.2, -0.15) is 0 Å². The van der Waals surface area contributed by atoms with Crippen LogP contribution in [0, 0.1) is 5.41 Å². The molecule has 0 saturated heterocycles. The molecule has 0 saturated carbocycles. The van der Waals surface area contributed by atoms with Crippen LogP contribution in [0.1, 0.15) is 0 Å². The molecule has 152 valence electrons. The lowest BCUT2D eigenvalue weighted by molar-refractivity contribution is -0.215. The third-order valence-electron chi connectivity index (χ3n) is 3.18. The molecular weight excluding hydrogens is 480 g/mol. The number of methoxy groups -OCH3 is 3. The standard InChI is InChI=1S/C14H21BrCl3NO7/c1-20-5-23-9-4-8(15)10(26-13(19)14(16,17)18)12(25-7-22-3)11(9)24-6-21-2/h4,9-12,19H,5-7H2,1-3H3/t9-,10+,11+,12-/m1/s1. The SMILES string of the molecule is COCO[C@@H]1[C@H](OCOC)[C@@H](OC(=N)C(Cl)(Cl)Cl)C(Br)=C[C@H]1OCOC. The van der Waals surface area contributed by atoms with Crippen molar-refractivity contribution in [3.8, 4) is 0 Å². The quantitative estimate of drug-likeness (QED) is 0.213. The average molecular weight is 502 g/mol. The fraction of sp³-hybridized carbons (Fsp3) is 0.786. The average Bonchev–Trinajstić information content (AvgIpc) is 2.58. The molecule has 1 aliphatic rings. The molecule has 26 heavy (non-hydrogen) atoms. The van der Waals surface area contributed by atoms with Crippen LogP contribution in [0.4, 0.5) is 0 Å². The summed E-state index contributed by atoms with van der Waals surface area (Å²) in [6.07, 6.45) is -1.13. The van der Waals surface area contributed by atoms with Crippen LogP contribution in [0.5, 0.6) is 0 Å². The summed E-state index contributed by atoms with van der Waals surface area (Å²) < 4.78 is 35.9. The van der Waals surface area contributed by atoms with Crippen molar-refractivity contribution in [2.45, 2.75) is 28.2 Å². The van der Waals surface area contributed by atoms with E-state index in [1.165, 1.54) is 21.3 Å². The van der Waals surface area contributed by atoms with E-state index in [2.05, 4.69) is 15.9 Å². The molecule has 0 heterocycles. The van der Waals surface area contributed by atoms with Crippen molar-refractivity contribution in [3.05, 3.63) is 10.6 Å². The summed E-state index contributed by atoms with van der Waals surface area (Å²) in [7, 11) is 4.45. The molecule has 12 heteroatoms. The van der Waals surface area contributed by atoms with Crippen LogP contribution in [-0.2, 0) is 33.2 Å². The highest BCUT2D eigenvalue weighted by Gasteiger charge is 2.45. The van der Waals surface area contributed by atoms with E-state index in [4.69, 9.17) is 73.4 Å². The van der Waals surface area contributed by atoms with Gasteiger partial charge >= 0.3 is 0 Å². The van der Waals surface area contributed by atoms with E-state index >= 15 is 0 Å². The number of nitrogens with one attached hydrogen (secondary N) is 1. The molecule has 0 aromatic rings. The third-order valence-corrected chi connectivity index (χ3v) is 4.41. The predicted molar refractivity (Wildman–Crippen MR) is 100 cm³/mol. The largest absolute Gasteiger partial charge is 0.466 e. The van der Waals surface area contributed by atoms with E-state index in [9.17, 15) is 0 Å². The predicted octanol–water partition coefficient (Wildman–Crippen LogP) is 2.98. The van der Waals surface area contributed by atoms with Gasteiger partial charge in [0.1, 0.15) is 38.7 Å². The first-order chi connectivity index (χ1) is 12.3. The summed E-state index contributed by atoms with van der Waals surface area (Å²) in [5, 5.41) is 7.83. The minimum Gasteiger partial charge on any atom is -0.466 e. The van der Waals surface area contributed by atoms with Gasteiger partial charge in [-0.1, -0.05) is 50.7 Å². The second kappa shape index (κ2) is 12.0. The summed E-state index contributed by atoms with van der Waals surface area (Å²) in [5.74, 6) is -0.564. The molecule has 8 nitrogen and oxygen atoms in total. The Morgan fingerprint density at radius 1 is 1.00 bits per heavy atom. The minimum atomic E-state index is -2.02. The van der Waals surface area contributed by atoms with Gasteiger partial charge in [0, 0.05) is 25.8 Å². The Bertz CT molecular complexity index is 478. The molecule has 0 bridgehead atoms. The van der Waals surface area contributed by atoms with Crippen LogP contribution in [0.3, 0.4) is 0 Å². The van der Waals surface area contributed by atoms with Crippen molar-refractivity contribution in [3.63, 3.8) is 0 Å². The molecule has 0 fully saturated rings. The van der Waals surface area contributed by atoms with E-state index in [-0.39, 0.29) is 20.4 Å². The fourth-order valence-electron chi connectivity index (χ4n) is 2.13. The van der Waals surface area contributed by atoms with Crippen LogP contribution in [0.15, 0.2) is 10.6 Å². The first kappa shape index (κ1) is 24.4. The van der Waals surface area contributed by atoms with Gasteiger partial charge < -0.3 is 33.2 Å². The Labute approximate surface area is 175 Å². The second-order valence-electron chi connectivity index (χ2n) is 5.03. The summed E-state index contributed by atoms with van der Waals surface area (Å²) >= 11 is 20.5. The van der Waals surface area contributed by atoms with Gasteiger partial charge in [0.2, 0.25) is 5.90 Å². The Hall–Kier alpha value is 0.320. The number of hydrogen-bond acceptors (Lipinski definition) is 8. The Morgan fingerprint density at radius 2 is 1.50 bits per heavy atom. The maximum atomic E-state index is 7.83. The number of ether oxygens (including phenoxy) is 7. The first-order valence-corrected chi connectivity index (χ1v) is 9.20. The van der Waals surface area contributed by atoms with Crippen molar-refractivity contribution in [2.75, 3.05) is 41.7 Å². The molecular formula is C14H21BrCl3NO7. The van der Waals surface area contributed by atoms with Crippen molar-refractivity contribution < 1.29 is 33.2 Å². The molecule has 0 amide bonds. The van der Waals surface area contributed by atoms with Crippen LogP contribution in [0.2, 0.25) is 0 Å². The van der Waals surface area contributed by atoms with Gasteiger partial charge in [0.25, 0.3) is 3.79 Å². The minimum absolute atomic E-state index is 0.0234. The lowest BCUT2D eigenvalue weighted by atomic mass is 9.95.